The molecule has 134 valence electrons. The van der Waals surface area contributed by atoms with Gasteiger partial charge in [0.25, 0.3) is 0 Å². The summed E-state index contributed by atoms with van der Waals surface area (Å²) in [5.41, 5.74) is 0. The average Bonchev–Trinajstić information content (AvgIpc) is 3.26. The number of hydrogen-bond acceptors (Lipinski definition) is 6. The van der Waals surface area contributed by atoms with Gasteiger partial charge in [-0.05, 0) is 22.9 Å². The summed E-state index contributed by atoms with van der Waals surface area (Å²) in [6.45, 7) is 0. The highest BCUT2D eigenvalue weighted by atomic mass is 32.1. The molecule has 2 heterocycles. The minimum absolute atomic E-state index is 0.180. The first kappa shape index (κ1) is 20.0. The van der Waals surface area contributed by atoms with Gasteiger partial charge in [0, 0.05) is 12.2 Å². The minimum Gasteiger partial charge on any atom is -0.504 e. The van der Waals surface area contributed by atoms with Crippen LogP contribution >= 0.6 is 22.7 Å². The fourth-order valence-corrected chi connectivity index (χ4v) is 3.06. The summed E-state index contributed by atoms with van der Waals surface area (Å²) < 4.78 is 58.6. The van der Waals surface area contributed by atoms with Crippen LogP contribution in [0.5, 0.6) is 0 Å². The third kappa shape index (κ3) is 5.88. The number of hydrogen-bond donors (Lipinski definition) is 0. The lowest BCUT2D eigenvalue weighted by atomic mass is 10.2. The van der Waals surface area contributed by atoms with E-state index in [9.17, 15) is 26.9 Å². The van der Waals surface area contributed by atoms with E-state index in [0.29, 0.717) is 12.2 Å². The summed E-state index contributed by atoms with van der Waals surface area (Å²) in [6, 6.07) is 5.92. The molecule has 0 amide bonds. The summed E-state index contributed by atoms with van der Waals surface area (Å²) in [5, 5.41) is 3.14. The molecule has 0 aromatic carbocycles. The number of carbonyl (C=O) groups is 2. The molecular formula is C14H8B2F4O4S2. The van der Waals surface area contributed by atoms with E-state index in [-0.39, 0.29) is 9.75 Å². The van der Waals surface area contributed by atoms with E-state index in [2.05, 4.69) is 9.31 Å². The predicted molar refractivity (Wildman–Crippen MR) is 92.1 cm³/mol. The number of halogens is 4. The van der Waals surface area contributed by atoms with Gasteiger partial charge in [-0.2, -0.15) is 0 Å². The summed E-state index contributed by atoms with van der Waals surface area (Å²) in [6.07, 6.45) is 1.17. The van der Waals surface area contributed by atoms with Crippen molar-refractivity contribution in [1.29, 1.82) is 0 Å². The van der Waals surface area contributed by atoms with E-state index in [0.717, 1.165) is 22.7 Å². The van der Waals surface area contributed by atoms with Crippen LogP contribution in [0.1, 0.15) is 14.5 Å². The molecule has 0 N–H and O–H groups in total. The van der Waals surface area contributed by atoms with Gasteiger partial charge >= 0.3 is 14.9 Å². The monoisotopic (exact) mass is 402 g/mol. The predicted octanol–water partition coefficient (Wildman–Crippen LogP) is 4.37. The largest absolute Gasteiger partial charge is 0.796 e. The van der Waals surface area contributed by atoms with Crippen LogP contribution in [0.2, 0.25) is 0 Å². The first-order valence-corrected chi connectivity index (χ1v) is 8.62. The Morgan fingerprint density at radius 2 is 1.46 bits per heavy atom. The van der Waals surface area contributed by atoms with Crippen molar-refractivity contribution in [3.8, 4) is 0 Å². The molecule has 0 saturated heterocycles. The van der Waals surface area contributed by atoms with Gasteiger partial charge in [0.05, 0.1) is 9.75 Å². The number of allylic oxidation sites excluding steroid dienone is 2. The molecule has 2 aromatic heterocycles. The fraction of sp³-hybridized carbons (Fsp3) is 0. The normalized spacial score (nSPS) is 11.8. The van der Waals surface area contributed by atoms with Crippen LogP contribution in [0.25, 0.3) is 5.76 Å². The van der Waals surface area contributed by atoms with E-state index in [4.69, 9.17) is 0 Å². The van der Waals surface area contributed by atoms with Gasteiger partial charge < -0.3 is 9.31 Å². The van der Waals surface area contributed by atoms with Crippen molar-refractivity contribution in [2.24, 2.45) is 0 Å². The smallest absolute Gasteiger partial charge is 0.504 e. The van der Waals surface area contributed by atoms with Gasteiger partial charge in [0.1, 0.15) is 5.76 Å². The fourth-order valence-electron chi connectivity index (χ4n) is 1.74. The summed E-state index contributed by atoms with van der Waals surface area (Å²) in [7, 11) is -6.61. The van der Waals surface area contributed by atoms with E-state index in [1.807, 2.05) is 0 Å². The van der Waals surface area contributed by atoms with Crippen molar-refractivity contribution in [2.75, 3.05) is 0 Å². The van der Waals surface area contributed by atoms with Gasteiger partial charge in [-0.15, -0.1) is 22.7 Å². The molecule has 0 radical (unpaired) electrons. The SMILES string of the molecule is O=C(/C=C(/OB(F)F)c1cccs1)/C(=C/C(=O)c1cccs1)OB(F)F. The zero-order valence-corrected chi connectivity index (χ0v) is 14.4. The van der Waals surface area contributed by atoms with E-state index < -0.39 is 38.0 Å². The lowest BCUT2D eigenvalue weighted by molar-refractivity contribution is -0.113. The molecule has 0 fully saturated rings. The van der Waals surface area contributed by atoms with Gasteiger partial charge in [-0.3, -0.25) is 9.59 Å². The van der Waals surface area contributed by atoms with Gasteiger partial charge in [-0.1, -0.05) is 12.1 Å². The Hall–Kier alpha value is -2.33. The van der Waals surface area contributed by atoms with Crippen molar-refractivity contribution in [1.82, 2.24) is 0 Å². The van der Waals surface area contributed by atoms with Crippen molar-refractivity contribution in [3.63, 3.8) is 0 Å². The molecule has 2 aromatic rings. The van der Waals surface area contributed by atoms with Crippen molar-refractivity contribution >= 4 is 54.9 Å². The Morgan fingerprint density at radius 3 is 1.96 bits per heavy atom. The number of thiophene rings is 2. The third-order valence-corrected chi connectivity index (χ3v) is 4.50. The van der Waals surface area contributed by atoms with Crippen molar-refractivity contribution in [3.05, 3.63) is 62.7 Å². The molecule has 4 nitrogen and oxygen atoms in total. The molecule has 26 heavy (non-hydrogen) atoms. The highest BCUT2D eigenvalue weighted by molar-refractivity contribution is 7.12. The maximum Gasteiger partial charge on any atom is 0.796 e. The van der Waals surface area contributed by atoms with Crippen molar-refractivity contribution in [2.45, 2.75) is 0 Å². The molecule has 2 rings (SSSR count). The van der Waals surface area contributed by atoms with Gasteiger partial charge in [0.15, 0.2) is 11.5 Å². The van der Waals surface area contributed by atoms with Crippen LogP contribution in [0.15, 0.2) is 52.9 Å². The summed E-state index contributed by atoms with van der Waals surface area (Å²) in [4.78, 5) is 24.6. The number of carbonyl (C=O) groups excluding carboxylic acids is 2. The second-order valence-electron chi connectivity index (χ2n) is 4.46. The number of rotatable bonds is 9. The lowest BCUT2D eigenvalue weighted by Gasteiger charge is -2.08. The van der Waals surface area contributed by atoms with Crippen LogP contribution < -0.4 is 0 Å². The standard InChI is InChI=1S/C14H8B2F4O4S2/c17-15(18)23-11(8-10(22)13-3-1-5-25-13)9(21)7-12(24-16(19)20)14-4-2-6-26-14/h1-8H/b11-8-,12-7+. The Balaban J connectivity index is 2.33. The molecule has 0 spiro atoms. The van der Waals surface area contributed by atoms with Crippen LogP contribution in [-0.2, 0) is 14.1 Å². The Morgan fingerprint density at radius 1 is 0.885 bits per heavy atom. The van der Waals surface area contributed by atoms with E-state index in [1.54, 1.807) is 16.8 Å². The maximum absolute atomic E-state index is 12.6. The van der Waals surface area contributed by atoms with Gasteiger partial charge in [-0.25, -0.2) is 17.3 Å². The second kappa shape index (κ2) is 9.39. The molecule has 0 bridgehead atoms. The lowest BCUT2D eigenvalue weighted by Crippen LogP contribution is -2.14. The summed E-state index contributed by atoms with van der Waals surface area (Å²) >= 11 is 2.04. The molecule has 0 aliphatic heterocycles. The van der Waals surface area contributed by atoms with Crippen molar-refractivity contribution < 1.29 is 36.2 Å². The highest BCUT2D eigenvalue weighted by Gasteiger charge is 2.26. The van der Waals surface area contributed by atoms with Crippen LogP contribution in [0.4, 0.5) is 17.3 Å². The number of ketones is 2. The zero-order valence-electron chi connectivity index (χ0n) is 12.7. The summed E-state index contributed by atoms with van der Waals surface area (Å²) in [5.74, 6) is -3.44. The molecule has 0 unspecified atom stereocenters. The topological polar surface area (TPSA) is 52.6 Å². The Kier molecular flexibility index (Phi) is 7.22. The highest BCUT2D eigenvalue weighted by Crippen LogP contribution is 2.24. The van der Waals surface area contributed by atoms with Crippen LogP contribution in [0, 0.1) is 0 Å². The van der Waals surface area contributed by atoms with E-state index >= 15 is 0 Å². The Bertz CT molecular complexity index is 805. The molecular weight excluding hydrogens is 394 g/mol. The Labute approximate surface area is 154 Å². The second-order valence-corrected chi connectivity index (χ2v) is 6.35. The quantitative estimate of drug-likeness (QED) is 0.206. The third-order valence-electron chi connectivity index (χ3n) is 2.73. The van der Waals surface area contributed by atoms with Gasteiger partial charge in [0.2, 0.25) is 5.78 Å². The van der Waals surface area contributed by atoms with E-state index in [1.165, 1.54) is 18.2 Å². The molecule has 0 aliphatic rings. The molecule has 0 aliphatic carbocycles. The maximum atomic E-state index is 12.6. The molecule has 12 heteroatoms. The zero-order chi connectivity index (χ0) is 19.1. The molecule has 0 saturated carbocycles. The van der Waals surface area contributed by atoms with Crippen LogP contribution in [0.3, 0.4) is 0 Å². The average molecular weight is 402 g/mol. The molecule has 0 atom stereocenters. The first-order chi connectivity index (χ1) is 12.4. The first-order valence-electron chi connectivity index (χ1n) is 6.86. The minimum atomic E-state index is -3.38. The van der Waals surface area contributed by atoms with Crippen LogP contribution in [-0.4, -0.2) is 26.5 Å².